The topological polar surface area (TPSA) is 66.3 Å². The van der Waals surface area contributed by atoms with Gasteiger partial charge in [0.2, 0.25) is 5.91 Å². The average molecular weight is 348 g/mol. The van der Waals surface area contributed by atoms with E-state index in [1.165, 1.54) is 0 Å². The molecule has 128 valence electrons. The van der Waals surface area contributed by atoms with Gasteiger partial charge in [0, 0.05) is 24.5 Å². The summed E-state index contributed by atoms with van der Waals surface area (Å²) < 4.78 is 0. The molecule has 0 saturated carbocycles. The number of rotatable bonds is 7. The zero-order valence-corrected chi connectivity index (χ0v) is 14.7. The predicted molar refractivity (Wildman–Crippen MR) is 93.8 cm³/mol. The molecule has 0 aliphatic heterocycles. The summed E-state index contributed by atoms with van der Waals surface area (Å²) in [5.74, 6) is -0.0611. The van der Waals surface area contributed by atoms with Crippen molar-refractivity contribution in [3.63, 3.8) is 0 Å². The van der Waals surface area contributed by atoms with Crippen LogP contribution in [0.1, 0.15) is 36.4 Å². The summed E-state index contributed by atoms with van der Waals surface area (Å²) in [4.78, 5) is 22.6. The van der Waals surface area contributed by atoms with Crippen LogP contribution in [0.2, 0.25) is 5.02 Å². The summed E-state index contributed by atoms with van der Waals surface area (Å²) in [7, 11) is 0. The maximum absolute atomic E-state index is 12.6. The predicted octanol–water partition coefficient (Wildman–Crippen LogP) is 2.95. The van der Waals surface area contributed by atoms with Crippen LogP contribution in [0, 0.1) is 6.92 Å². The van der Waals surface area contributed by atoms with Gasteiger partial charge in [0.1, 0.15) is 0 Å². The number of nitrogens with zero attached hydrogens (tertiary/aromatic N) is 3. The molecule has 0 aromatic carbocycles. The van der Waals surface area contributed by atoms with Gasteiger partial charge in [0.15, 0.2) is 0 Å². The number of hydrogen-bond donors (Lipinski definition) is 1. The van der Waals surface area contributed by atoms with Crippen molar-refractivity contribution in [3.8, 4) is 0 Å². The molecule has 6 heteroatoms. The molecule has 0 radical (unpaired) electrons. The van der Waals surface area contributed by atoms with Crippen LogP contribution in [0.4, 0.5) is 0 Å². The fourth-order valence-electron chi connectivity index (χ4n) is 2.44. The Morgan fingerprint density at radius 3 is 2.79 bits per heavy atom. The molecule has 0 fully saturated rings. The van der Waals surface area contributed by atoms with E-state index in [0.717, 1.165) is 6.42 Å². The van der Waals surface area contributed by atoms with Crippen LogP contribution in [0.3, 0.4) is 0 Å². The molecule has 5 nitrogen and oxygen atoms in total. The van der Waals surface area contributed by atoms with E-state index in [2.05, 4.69) is 9.97 Å². The van der Waals surface area contributed by atoms with Crippen LogP contribution in [-0.4, -0.2) is 39.0 Å². The van der Waals surface area contributed by atoms with Crippen molar-refractivity contribution in [2.45, 2.75) is 32.8 Å². The molecule has 1 amide bonds. The zero-order valence-electron chi connectivity index (χ0n) is 13.9. The molecule has 2 heterocycles. The molecule has 0 aliphatic carbocycles. The lowest BCUT2D eigenvalue weighted by Gasteiger charge is -2.25. The van der Waals surface area contributed by atoms with Gasteiger partial charge in [-0.2, -0.15) is 0 Å². The largest absolute Gasteiger partial charge is 0.386 e. The molecular weight excluding hydrogens is 326 g/mol. The summed E-state index contributed by atoms with van der Waals surface area (Å²) in [5.41, 5.74) is 2.09. The fraction of sp³-hybridized carbons (Fsp3) is 0.389. The summed E-state index contributed by atoms with van der Waals surface area (Å²) in [6, 6.07) is 7.08. The third-order valence-electron chi connectivity index (χ3n) is 3.72. The number of carbonyl (C=O) groups excluding carboxylic acids is 1. The lowest BCUT2D eigenvalue weighted by molar-refractivity contribution is -0.132. The first-order valence-electron chi connectivity index (χ1n) is 7.99. The van der Waals surface area contributed by atoms with E-state index in [0.29, 0.717) is 28.5 Å². The number of pyridine rings is 2. The minimum absolute atomic E-state index is 0.0611. The minimum Gasteiger partial charge on any atom is -0.386 e. The molecular formula is C18H22ClN3O2. The normalized spacial score (nSPS) is 12.0. The van der Waals surface area contributed by atoms with E-state index in [-0.39, 0.29) is 18.9 Å². The molecule has 2 aromatic heterocycles. The van der Waals surface area contributed by atoms with E-state index >= 15 is 0 Å². The van der Waals surface area contributed by atoms with Gasteiger partial charge in [-0.3, -0.25) is 14.8 Å². The number of halogens is 1. The Hall–Kier alpha value is -1.98. The number of hydrogen-bond acceptors (Lipinski definition) is 4. The number of aryl methyl sites for hydroxylation is 1. The standard InChI is InChI=1S/C18H22ClN3O2/c1-3-9-22(12-17(23)14-5-4-8-20-11-14)18(24)10-15-6-7-16(19)13(2)21-15/h4-8,11,17,23H,3,9-10,12H2,1-2H3. The lowest BCUT2D eigenvalue weighted by Crippen LogP contribution is -2.36. The molecule has 1 N–H and O–H groups in total. The SMILES string of the molecule is CCCN(CC(O)c1cccnc1)C(=O)Cc1ccc(Cl)c(C)n1. The highest BCUT2D eigenvalue weighted by molar-refractivity contribution is 6.31. The van der Waals surface area contributed by atoms with E-state index in [1.54, 1.807) is 41.6 Å². The number of carbonyl (C=O) groups is 1. The van der Waals surface area contributed by atoms with Gasteiger partial charge in [-0.15, -0.1) is 0 Å². The first-order chi connectivity index (χ1) is 11.5. The first-order valence-corrected chi connectivity index (χ1v) is 8.36. The molecule has 0 saturated heterocycles. The number of aliphatic hydroxyl groups excluding tert-OH is 1. The van der Waals surface area contributed by atoms with Crippen molar-refractivity contribution < 1.29 is 9.90 Å². The summed E-state index contributed by atoms with van der Waals surface area (Å²) in [6.45, 7) is 4.64. The van der Waals surface area contributed by atoms with Crippen LogP contribution < -0.4 is 0 Å². The van der Waals surface area contributed by atoms with E-state index in [1.807, 2.05) is 13.8 Å². The molecule has 24 heavy (non-hydrogen) atoms. The number of aromatic nitrogens is 2. The van der Waals surface area contributed by atoms with Gasteiger partial charge in [0.25, 0.3) is 0 Å². The summed E-state index contributed by atoms with van der Waals surface area (Å²) in [6.07, 6.45) is 3.52. The van der Waals surface area contributed by atoms with Crippen molar-refractivity contribution in [1.82, 2.24) is 14.9 Å². The Morgan fingerprint density at radius 1 is 1.38 bits per heavy atom. The second-order valence-electron chi connectivity index (χ2n) is 5.69. The Morgan fingerprint density at radius 2 is 2.17 bits per heavy atom. The average Bonchev–Trinajstić information content (AvgIpc) is 2.58. The third kappa shape index (κ3) is 5.01. The quantitative estimate of drug-likeness (QED) is 0.836. The van der Waals surface area contributed by atoms with Crippen LogP contribution in [0.5, 0.6) is 0 Å². The first kappa shape index (κ1) is 18.4. The van der Waals surface area contributed by atoms with Gasteiger partial charge in [0.05, 0.1) is 35.5 Å². The van der Waals surface area contributed by atoms with Crippen molar-refractivity contribution in [2.24, 2.45) is 0 Å². The van der Waals surface area contributed by atoms with Crippen molar-refractivity contribution >= 4 is 17.5 Å². The lowest BCUT2D eigenvalue weighted by atomic mass is 10.1. The zero-order chi connectivity index (χ0) is 17.5. The smallest absolute Gasteiger partial charge is 0.228 e. The highest BCUT2D eigenvalue weighted by Crippen LogP contribution is 2.16. The summed E-state index contributed by atoms with van der Waals surface area (Å²) >= 11 is 5.97. The maximum Gasteiger partial charge on any atom is 0.228 e. The van der Waals surface area contributed by atoms with Crippen LogP contribution in [0.15, 0.2) is 36.7 Å². The van der Waals surface area contributed by atoms with E-state index < -0.39 is 6.10 Å². The summed E-state index contributed by atoms with van der Waals surface area (Å²) in [5, 5.41) is 10.9. The monoisotopic (exact) mass is 347 g/mol. The van der Waals surface area contributed by atoms with Gasteiger partial charge in [-0.25, -0.2) is 0 Å². The minimum atomic E-state index is -0.755. The number of amides is 1. The van der Waals surface area contributed by atoms with Crippen LogP contribution in [-0.2, 0) is 11.2 Å². The second-order valence-corrected chi connectivity index (χ2v) is 6.10. The molecule has 2 aromatic rings. The Kier molecular flexibility index (Phi) is 6.70. The van der Waals surface area contributed by atoms with Crippen LogP contribution >= 0.6 is 11.6 Å². The highest BCUT2D eigenvalue weighted by atomic mass is 35.5. The van der Waals surface area contributed by atoms with Gasteiger partial charge in [-0.05, 0) is 31.5 Å². The Balaban J connectivity index is 2.05. The molecule has 1 unspecified atom stereocenters. The van der Waals surface area contributed by atoms with E-state index in [4.69, 9.17) is 11.6 Å². The van der Waals surface area contributed by atoms with Gasteiger partial charge in [-0.1, -0.05) is 24.6 Å². The molecule has 0 aliphatic rings. The second kappa shape index (κ2) is 8.76. The van der Waals surface area contributed by atoms with Gasteiger partial charge >= 0.3 is 0 Å². The van der Waals surface area contributed by atoms with Crippen molar-refractivity contribution in [1.29, 1.82) is 0 Å². The molecule has 0 spiro atoms. The maximum atomic E-state index is 12.6. The highest BCUT2D eigenvalue weighted by Gasteiger charge is 2.19. The third-order valence-corrected chi connectivity index (χ3v) is 4.12. The van der Waals surface area contributed by atoms with Crippen LogP contribution in [0.25, 0.3) is 0 Å². The van der Waals surface area contributed by atoms with Gasteiger partial charge < -0.3 is 10.0 Å². The Bertz CT molecular complexity index is 679. The fourth-order valence-corrected chi connectivity index (χ4v) is 2.54. The number of aliphatic hydroxyl groups is 1. The molecule has 0 bridgehead atoms. The van der Waals surface area contributed by atoms with E-state index in [9.17, 15) is 9.90 Å². The molecule has 2 rings (SSSR count). The van der Waals surface area contributed by atoms with Crippen molar-refractivity contribution in [2.75, 3.05) is 13.1 Å². The molecule has 1 atom stereocenters. The Labute approximate surface area is 147 Å². The van der Waals surface area contributed by atoms with Crippen molar-refractivity contribution in [3.05, 3.63) is 58.6 Å².